The Kier molecular flexibility index (Phi) is 3.87. The molecule has 112 valence electrons. The minimum absolute atomic E-state index is 0.137. The van der Waals surface area contributed by atoms with Crippen LogP contribution in [0.1, 0.15) is 35.8 Å². The van der Waals surface area contributed by atoms with E-state index in [1.165, 1.54) is 0 Å². The number of H-pyrrole nitrogens is 1. The van der Waals surface area contributed by atoms with Gasteiger partial charge in [0.05, 0.1) is 17.9 Å². The Labute approximate surface area is 127 Å². The van der Waals surface area contributed by atoms with Gasteiger partial charge in [-0.25, -0.2) is 4.98 Å². The van der Waals surface area contributed by atoms with Crippen molar-refractivity contribution >= 4 is 11.9 Å². The number of aromatic nitrogens is 2. The zero-order chi connectivity index (χ0) is 15.5. The lowest BCUT2D eigenvalue weighted by atomic mass is 10.0. The van der Waals surface area contributed by atoms with E-state index in [4.69, 9.17) is 4.74 Å². The molecule has 1 aromatic carbocycles. The molecule has 0 fully saturated rings. The molecule has 0 aliphatic heterocycles. The second-order valence-electron chi connectivity index (χ2n) is 5.05. The fourth-order valence-electron chi connectivity index (χ4n) is 2.39. The van der Waals surface area contributed by atoms with Crippen molar-refractivity contribution in [3.05, 3.63) is 52.0 Å². The van der Waals surface area contributed by atoms with Gasteiger partial charge in [-0.1, -0.05) is 25.1 Å². The number of hydrogen-bond donors (Lipinski definition) is 1. The van der Waals surface area contributed by atoms with Gasteiger partial charge in [-0.3, -0.25) is 9.59 Å². The molecule has 0 saturated carbocycles. The minimum atomic E-state index is -0.403. The summed E-state index contributed by atoms with van der Waals surface area (Å²) in [7, 11) is 0. The monoisotopic (exact) mass is 296 g/mol. The average Bonchev–Trinajstić information content (AvgIpc) is 2.53. The topological polar surface area (TPSA) is 72.0 Å². The van der Waals surface area contributed by atoms with E-state index < -0.39 is 5.56 Å². The number of nitrogens with zero attached hydrogens (tertiary/aromatic N) is 1. The van der Waals surface area contributed by atoms with Crippen molar-refractivity contribution in [3.8, 4) is 17.1 Å². The fourth-order valence-corrected chi connectivity index (χ4v) is 2.39. The Morgan fingerprint density at radius 1 is 1.27 bits per heavy atom. The molecule has 0 saturated heterocycles. The van der Waals surface area contributed by atoms with Crippen LogP contribution in [0.15, 0.2) is 35.1 Å². The number of benzene rings is 1. The van der Waals surface area contributed by atoms with Crippen LogP contribution in [-0.4, -0.2) is 22.4 Å². The highest BCUT2D eigenvalue weighted by atomic mass is 16.5. The number of ketones is 1. The lowest BCUT2D eigenvalue weighted by Crippen LogP contribution is -2.23. The summed E-state index contributed by atoms with van der Waals surface area (Å²) in [5.74, 6) is 0.877. The van der Waals surface area contributed by atoms with Crippen LogP contribution in [0.4, 0.5) is 0 Å². The number of Topliss-reactive ketones (excluding diaryl/α,β-unsaturated/α-hetero) is 1. The van der Waals surface area contributed by atoms with E-state index in [2.05, 4.69) is 9.97 Å². The second-order valence-corrected chi connectivity index (χ2v) is 5.05. The second kappa shape index (κ2) is 5.97. The number of carbonyl (C=O) groups excluding carboxylic acids is 1. The van der Waals surface area contributed by atoms with Gasteiger partial charge in [-0.2, -0.15) is 0 Å². The summed E-state index contributed by atoms with van der Waals surface area (Å²) >= 11 is 0. The molecule has 22 heavy (non-hydrogen) atoms. The molecule has 1 aromatic heterocycles. The van der Waals surface area contributed by atoms with Crippen LogP contribution < -0.4 is 10.3 Å². The van der Waals surface area contributed by atoms with E-state index in [1.807, 2.05) is 31.2 Å². The van der Waals surface area contributed by atoms with Gasteiger partial charge in [-0.05, 0) is 24.6 Å². The Hall–Kier alpha value is -2.69. The third-order valence-corrected chi connectivity index (χ3v) is 3.41. The van der Waals surface area contributed by atoms with Crippen molar-refractivity contribution in [2.45, 2.75) is 19.8 Å². The highest BCUT2D eigenvalue weighted by molar-refractivity contribution is 6.01. The van der Waals surface area contributed by atoms with Crippen LogP contribution in [0.5, 0.6) is 5.75 Å². The highest BCUT2D eigenvalue weighted by Crippen LogP contribution is 2.27. The zero-order valence-corrected chi connectivity index (χ0v) is 12.3. The van der Waals surface area contributed by atoms with E-state index in [1.54, 1.807) is 12.2 Å². The Balaban J connectivity index is 2.11. The molecule has 0 atom stereocenters. The molecular weight excluding hydrogens is 280 g/mol. The van der Waals surface area contributed by atoms with Gasteiger partial charge in [-0.15, -0.1) is 0 Å². The Morgan fingerprint density at radius 3 is 2.91 bits per heavy atom. The summed E-state index contributed by atoms with van der Waals surface area (Å²) in [4.78, 5) is 31.1. The molecule has 0 unspecified atom stereocenters. The molecule has 2 aromatic rings. The van der Waals surface area contributed by atoms with E-state index in [0.717, 1.165) is 6.42 Å². The third-order valence-electron chi connectivity index (χ3n) is 3.41. The SMILES string of the molecule is CCCOc1ccccc1-c1nc2c(c(=O)[nH]1)C(=O)CC=C2. The molecule has 5 nitrogen and oxygen atoms in total. The number of ether oxygens (including phenoxy) is 1. The van der Waals surface area contributed by atoms with Crippen molar-refractivity contribution in [2.24, 2.45) is 0 Å². The summed E-state index contributed by atoms with van der Waals surface area (Å²) in [5, 5.41) is 0. The number of hydrogen-bond acceptors (Lipinski definition) is 4. The predicted molar refractivity (Wildman–Crippen MR) is 84.1 cm³/mol. The maximum atomic E-state index is 12.2. The quantitative estimate of drug-likeness (QED) is 0.941. The lowest BCUT2D eigenvalue weighted by molar-refractivity contribution is 0.0992. The number of allylic oxidation sites excluding steroid dienone is 1. The van der Waals surface area contributed by atoms with Crippen LogP contribution in [0.3, 0.4) is 0 Å². The maximum Gasteiger partial charge on any atom is 0.262 e. The first kappa shape index (κ1) is 14.3. The molecule has 5 heteroatoms. The highest BCUT2D eigenvalue weighted by Gasteiger charge is 2.20. The standard InChI is InChI=1S/C17H16N2O3/c1-2-10-22-14-9-4-3-6-11(14)16-18-12-7-5-8-13(20)15(12)17(21)19-16/h3-7,9H,2,8,10H2,1H3,(H,18,19,21). The van der Waals surface area contributed by atoms with Gasteiger partial charge in [0.25, 0.3) is 5.56 Å². The van der Waals surface area contributed by atoms with Crippen LogP contribution >= 0.6 is 0 Å². The Morgan fingerprint density at radius 2 is 2.09 bits per heavy atom. The number of para-hydroxylation sites is 1. The van der Waals surface area contributed by atoms with E-state index in [9.17, 15) is 9.59 Å². The number of aromatic amines is 1. The summed E-state index contributed by atoms with van der Waals surface area (Å²) < 4.78 is 5.70. The van der Waals surface area contributed by atoms with E-state index in [-0.39, 0.29) is 17.8 Å². The van der Waals surface area contributed by atoms with E-state index >= 15 is 0 Å². The summed E-state index contributed by atoms with van der Waals surface area (Å²) in [6.45, 7) is 2.61. The van der Waals surface area contributed by atoms with Gasteiger partial charge in [0.1, 0.15) is 17.1 Å². The van der Waals surface area contributed by atoms with Crippen molar-refractivity contribution < 1.29 is 9.53 Å². The lowest BCUT2D eigenvalue weighted by Gasteiger charge is -2.12. The smallest absolute Gasteiger partial charge is 0.262 e. The number of fused-ring (bicyclic) bond motifs is 1. The van der Waals surface area contributed by atoms with Crippen molar-refractivity contribution in [1.82, 2.24) is 9.97 Å². The first-order valence-electron chi connectivity index (χ1n) is 7.27. The molecule has 1 heterocycles. The molecule has 0 amide bonds. The summed E-state index contributed by atoms with van der Waals surface area (Å²) in [6.07, 6.45) is 4.57. The number of rotatable bonds is 4. The van der Waals surface area contributed by atoms with Crippen LogP contribution in [0.25, 0.3) is 17.5 Å². The van der Waals surface area contributed by atoms with Crippen LogP contribution in [-0.2, 0) is 0 Å². The summed E-state index contributed by atoms with van der Waals surface area (Å²) in [6, 6.07) is 7.40. The molecule has 0 radical (unpaired) electrons. The molecule has 0 bridgehead atoms. The first-order valence-corrected chi connectivity index (χ1v) is 7.27. The van der Waals surface area contributed by atoms with Crippen LogP contribution in [0.2, 0.25) is 0 Å². The number of nitrogens with one attached hydrogen (secondary N) is 1. The number of carbonyl (C=O) groups is 1. The van der Waals surface area contributed by atoms with Gasteiger partial charge in [0, 0.05) is 6.42 Å². The third kappa shape index (κ3) is 2.57. The molecule has 0 spiro atoms. The van der Waals surface area contributed by atoms with Gasteiger partial charge < -0.3 is 9.72 Å². The first-order chi connectivity index (χ1) is 10.7. The molecule has 1 aliphatic carbocycles. The minimum Gasteiger partial charge on any atom is -0.493 e. The maximum absolute atomic E-state index is 12.2. The molecule has 1 N–H and O–H groups in total. The molecule has 3 rings (SSSR count). The normalized spacial score (nSPS) is 13.0. The zero-order valence-electron chi connectivity index (χ0n) is 12.3. The molecule has 1 aliphatic rings. The van der Waals surface area contributed by atoms with Crippen LogP contribution in [0, 0.1) is 0 Å². The predicted octanol–water partition coefficient (Wildman–Crippen LogP) is 2.83. The van der Waals surface area contributed by atoms with Gasteiger partial charge in [0.15, 0.2) is 5.78 Å². The molecular formula is C17H16N2O3. The van der Waals surface area contributed by atoms with Crippen molar-refractivity contribution in [2.75, 3.05) is 6.61 Å². The summed E-state index contributed by atoms with van der Waals surface area (Å²) in [5.41, 5.74) is 0.861. The van der Waals surface area contributed by atoms with Crippen molar-refractivity contribution in [1.29, 1.82) is 0 Å². The largest absolute Gasteiger partial charge is 0.493 e. The fraction of sp³-hybridized carbons (Fsp3) is 0.235. The Bertz CT molecular complexity index is 806. The van der Waals surface area contributed by atoms with Gasteiger partial charge in [0.2, 0.25) is 0 Å². The average molecular weight is 296 g/mol. The van der Waals surface area contributed by atoms with Crippen molar-refractivity contribution in [3.63, 3.8) is 0 Å². The van der Waals surface area contributed by atoms with E-state index in [0.29, 0.717) is 29.4 Å². The van der Waals surface area contributed by atoms with Gasteiger partial charge >= 0.3 is 0 Å².